The van der Waals surface area contributed by atoms with Crippen molar-refractivity contribution in [1.29, 1.82) is 0 Å². The Morgan fingerprint density at radius 2 is 2.08 bits per heavy atom. The number of fused-ring (bicyclic) bond motifs is 3. The molecule has 26 heavy (non-hydrogen) atoms. The monoisotopic (exact) mass is 384 g/mol. The highest BCUT2D eigenvalue weighted by Crippen LogP contribution is 2.49. The van der Waals surface area contributed by atoms with Crippen molar-refractivity contribution in [3.63, 3.8) is 0 Å². The van der Waals surface area contributed by atoms with Crippen LogP contribution in [0.5, 0.6) is 0 Å². The lowest BCUT2D eigenvalue weighted by Crippen LogP contribution is -2.37. The molecule has 0 amide bonds. The fraction of sp³-hybridized carbons (Fsp3) is 0.200. The first-order valence-corrected chi connectivity index (χ1v) is 9.57. The van der Waals surface area contributed by atoms with E-state index in [2.05, 4.69) is 11.0 Å². The van der Waals surface area contributed by atoms with Crippen LogP contribution < -0.4 is 4.90 Å². The minimum atomic E-state index is -0.341. The van der Waals surface area contributed by atoms with E-state index < -0.39 is 0 Å². The molecular formula is C20H17ClN2O2S. The molecule has 2 aromatic carbocycles. The van der Waals surface area contributed by atoms with Crippen LogP contribution >= 0.6 is 23.4 Å². The van der Waals surface area contributed by atoms with E-state index in [4.69, 9.17) is 21.3 Å². The van der Waals surface area contributed by atoms with Crippen LogP contribution in [-0.4, -0.2) is 17.7 Å². The molecule has 0 aromatic heterocycles. The Kier molecular flexibility index (Phi) is 4.51. The summed E-state index contributed by atoms with van der Waals surface area (Å²) < 4.78 is 5.34. The SMILES string of the molecule is CCOC(=O)C1=C(C)N=C2Sc3ccccc3N2C1c1cccc(Cl)c1. The third kappa shape index (κ3) is 2.81. The number of aliphatic imine (C=N–C) groups is 1. The summed E-state index contributed by atoms with van der Waals surface area (Å²) in [5.41, 5.74) is 3.20. The highest BCUT2D eigenvalue weighted by atomic mass is 35.5. The number of nitrogens with zero attached hydrogens (tertiary/aromatic N) is 2. The number of carbonyl (C=O) groups is 1. The molecule has 2 heterocycles. The summed E-state index contributed by atoms with van der Waals surface area (Å²) in [7, 11) is 0. The number of hydrogen-bond acceptors (Lipinski definition) is 5. The number of allylic oxidation sites excluding steroid dienone is 1. The van der Waals surface area contributed by atoms with E-state index in [0.717, 1.165) is 21.3 Å². The van der Waals surface area contributed by atoms with Gasteiger partial charge in [-0.05, 0) is 55.4 Å². The lowest BCUT2D eigenvalue weighted by molar-refractivity contribution is -0.138. The molecule has 0 saturated carbocycles. The highest BCUT2D eigenvalue weighted by molar-refractivity contribution is 8.14. The van der Waals surface area contributed by atoms with Gasteiger partial charge in [0.15, 0.2) is 5.17 Å². The summed E-state index contributed by atoms with van der Waals surface area (Å²) in [6.07, 6.45) is 0. The van der Waals surface area contributed by atoms with E-state index in [1.807, 2.05) is 49.4 Å². The first-order chi connectivity index (χ1) is 12.6. The maximum atomic E-state index is 12.8. The molecule has 2 aliphatic rings. The Morgan fingerprint density at radius 1 is 1.27 bits per heavy atom. The maximum Gasteiger partial charge on any atom is 0.338 e. The number of amidine groups is 1. The predicted octanol–water partition coefficient (Wildman–Crippen LogP) is 5.20. The lowest BCUT2D eigenvalue weighted by atomic mass is 9.94. The second-order valence-electron chi connectivity index (χ2n) is 6.01. The zero-order valence-electron chi connectivity index (χ0n) is 14.4. The molecule has 1 unspecified atom stereocenters. The largest absolute Gasteiger partial charge is 0.463 e. The van der Waals surface area contributed by atoms with E-state index in [1.165, 1.54) is 0 Å². The van der Waals surface area contributed by atoms with E-state index >= 15 is 0 Å². The van der Waals surface area contributed by atoms with Gasteiger partial charge in [0.05, 0.1) is 29.6 Å². The molecule has 0 N–H and O–H groups in total. The van der Waals surface area contributed by atoms with Gasteiger partial charge in [-0.1, -0.05) is 35.9 Å². The molecule has 2 aromatic rings. The fourth-order valence-electron chi connectivity index (χ4n) is 3.31. The van der Waals surface area contributed by atoms with E-state index in [0.29, 0.717) is 22.9 Å². The number of anilines is 1. The summed E-state index contributed by atoms with van der Waals surface area (Å²) in [6.45, 7) is 3.98. The second kappa shape index (κ2) is 6.82. The molecule has 6 heteroatoms. The molecule has 4 nitrogen and oxygen atoms in total. The van der Waals surface area contributed by atoms with Crippen molar-refractivity contribution >= 4 is 40.2 Å². The normalized spacial score (nSPS) is 18.3. The molecule has 132 valence electrons. The minimum Gasteiger partial charge on any atom is -0.463 e. The Labute approximate surface area is 161 Å². The average Bonchev–Trinajstić information content (AvgIpc) is 2.98. The maximum absolute atomic E-state index is 12.8. The van der Waals surface area contributed by atoms with Gasteiger partial charge in [0.2, 0.25) is 0 Å². The van der Waals surface area contributed by atoms with Gasteiger partial charge in [0, 0.05) is 9.92 Å². The summed E-state index contributed by atoms with van der Waals surface area (Å²) >= 11 is 7.86. The van der Waals surface area contributed by atoms with Crippen LogP contribution in [0.2, 0.25) is 5.02 Å². The van der Waals surface area contributed by atoms with Crippen molar-refractivity contribution in [2.45, 2.75) is 24.8 Å². The van der Waals surface area contributed by atoms with E-state index in [-0.39, 0.29) is 12.0 Å². The third-order valence-corrected chi connectivity index (χ3v) is 5.65. The number of benzene rings is 2. The molecule has 1 atom stereocenters. The molecule has 0 radical (unpaired) electrons. The summed E-state index contributed by atoms with van der Waals surface area (Å²) in [6, 6.07) is 15.4. The molecule has 0 fully saturated rings. The van der Waals surface area contributed by atoms with Crippen LogP contribution in [0.4, 0.5) is 5.69 Å². The van der Waals surface area contributed by atoms with Crippen LogP contribution in [0, 0.1) is 0 Å². The van der Waals surface area contributed by atoms with Crippen molar-refractivity contribution in [2.24, 2.45) is 4.99 Å². The third-order valence-electron chi connectivity index (χ3n) is 4.38. The lowest BCUT2D eigenvalue weighted by Gasteiger charge is -2.34. The molecular weight excluding hydrogens is 368 g/mol. The zero-order valence-corrected chi connectivity index (χ0v) is 16.0. The number of para-hydroxylation sites is 1. The Bertz CT molecular complexity index is 954. The van der Waals surface area contributed by atoms with Gasteiger partial charge < -0.3 is 9.64 Å². The first kappa shape index (κ1) is 17.2. The van der Waals surface area contributed by atoms with Crippen molar-refractivity contribution in [3.05, 3.63) is 70.4 Å². The first-order valence-electron chi connectivity index (χ1n) is 8.38. The quantitative estimate of drug-likeness (QED) is 0.682. The number of carbonyl (C=O) groups excluding carboxylic acids is 1. The van der Waals surface area contributed by atoms with Gasteiger partial charge >= 0.3 is 5.97 Å². The van der Waals surface area contributed by atoms with Crippen molar-refractivity contribution in [2.75, 3.05) is 11.5 Å². The Morgan fingerprint density at radius 3 is 2.85 bits per heavy atom. The summed E-state index contributed by atoms with van der Waals surface area (Å²) in [5.74, 6) is -0.341. The van der Waals surface area contributed by atoms with Crippen LogP contribution in [0.15, 0.2) is 69.7 Å². The topological polar surface area (TPSA) is 41.9 Å². The summed E-state index contributed by atoms with van der Waals surface area (Å²) in [4.78, 5) is 20.7. The van der Waals surface area contributed by atoms with Crippen LogP contribution in [-0.2, 0) is 9.53 Å². The van der Waals surface area contributed by atoms with E-state index in [1.54, 1.807) is 18.7 Å². The van der Waals surface area contributed by atoms with Crippen LogP contribution in [0.1, 0.15) is 25.5 Å². The van der Waals surface area contributed by atoms with Gasteiger partial charge in [-0.2, -0.15) is 0 Å². The number of halogens is 1. The molecule has 4 rings (SSSR count). The Hall–Kier alpha value is -2.24. The van der Waals surface area contributed by atoms with Gasteiger partial charge in [0.1, 0.15) is 0 Å². The average molecular weight is 385 g/mol. The van der Waals surface area contributed by atoms with E-state index in [9.17, 15) is 4.79 Å². The number of rotatable bonds is 3. The second-order valence-corrected chi connectivity index (χ2v) is 7.46. The molecule has 2 aliphatic heterocycles. The van der Waals surface area contributed by atoms with Gasteiger partial charge in [-0.3, -0.25) is 0 Å². The number of esters is 1. The van der Waals surface area contributed by atoms with Crippen molar-refractivity contribution in [1.82, 2.24) is 0 Å². The number of hydrogen-bond donors (Lipinski definition) is 0. The predicted molar refractivity (Wildman–Crippen MR) is 106 cm³/mol. The van der Waals surface area contributed by atoms with Gasteiger partial charge in [-0.15, -0.1) is 0 Å². The molecule has 0 saturated heterocycles. The fourth-order valence-corrected chi connectivity index (χ4v) is 4.61. The molecule has 0 aliphatic carbocycles. The van der Waals surface area contributed by atoms with Gasteiger partial charge in [-0.25, -0.2) is 9.79 Å². The number of ether oxygens (including phenoxy) is 1. The molecule has 0 bridgehead atoms. The highest BCUT2D eigenvalue weighted by Gasteiger charge is 2.41. The van der Waals surface area contributed by atoms with Crippen molar-refractivity contribution in [3.8, 4) is 0 Å². The Balaban J connectivity index is 1.91. The minimum absolute atomic E-state index is 0.319. The van der Waals surface area contributed by atoms with Gasteiger partial charge in [0.25, 0.3) is 0 Å². The number of thioether (sulfide) groups is 1. The molecule has 0 spiro atoms. The van der Waals surface area contributed by atoms with Crippen LogP contribution in [0.3, 0.4) is 0 Å². The zero-order chi connectivity index (χ0) is 18.3. The standard InChI is InChI=1S/C20H17ClN2O2S/c1-3-25-19(24)17-12(2)22-20-23(15-9-4-5-10-16(15)26-20)18(17)13-7-6-8-14(21)11-13/h4-11,18H,3H2,1-2H3. The summed E-state index contributed by atoms with van der Waals surface area (Å²) in [5, 5.41) is 1.49. The smallest absolute Gasteiger partial charge is 0.338 e. The van der Waals surface area contributed by atoms with Crippen molar-refractivity contribution < 1.29 is 9.53 Å². The van der Waals surface area contributed by atoms with Crippen LogP contribution in [0.25, 0.3) is 0 Å².